The molecule has 2 aromatic heterocycles. The monoisotopic (exact) mass is 325 g/mol. The Balaban J connectivity index is 1.59. The first-order valence-corrected chi connectivity index (χ1v) is 7.33. The predicted octanol–water partition coefficient (Wildman–Crippen LogP) is 2.46. The smallest absolute Gasteiger partial charge is 0.248 e. The number of aromatic nitrogens is 4. The van der Waals surface area contributed by atoms with Gasteiger partial charge in [0.15, 0.2) is 0 Å². The van der Waals surface area contributed by atoms with Gasteiger partial charge in [-0.25, -0.2) is 4.39 Å². The fraction of sp³-hybridized carbons (Fsp3) is 0.118. The Kier molecular flexibility index (Phi) is 4.51. The molecule has 0 saturated carbocycles. The minimum atomic E-state index is -0.284. The molecule has 122 valence electrons. The maximum absolute atomic E-state index is 13.2. The Bertz CT molecular complexity index is 881. The van der Waals surface area contributed by atoms with E-state index < -0.39 is 0 Å². The van der Waals surface area contributed by atoms with E-state index in [2.05, 4.69) is 15.5 Å². The molecule has 24 heavy (non-hydrogen) atoms. The van der Waals surface area contributed by atoms with Crippen LogP contribution in [0.5, 0.6) is 0 Å². The standard InChI is InChI=1S/C17H16FN5O/c1-22-10-14(8-19-22)5-6-17(24)21-16-9-20-23(12-16)11-13-3-2-4-15(18)7-13/h2-10,12H,11H2,1H3,(H,21,24)/b6-5+. The van der Waals surface area contributed by atoms with E-state index in [1.807, 2.05) is 13.1 Å². The topological polar surface area (TPSA) is 64.7 Å². The molecule has 0 fully saturated rings. The van der Waals surface area contributed by atoms with Gasteiger partial charge in [0, 0.05) is 31.1 Å². The number of nitrogens with zero attached hydrogens (tertiary/aromatic N) is 4. The van der Waals surface area contributed by atoms with Crippen LogP contribution in [0.25, 0.3) is 6.08 Å². The molecule has 0 aliphatic rings. The maximum atomic E-state index is 13.2. The van der Waals surface area contributed by atoms with Crippen molar-refractivity contribution < 1.29 is 9.18 Å². The van der Waals surface area contributed by atoms with Crippen molar-refractivity contribution in [3.8, 4) is 0 Å². The second-order valence-corrected chi connectivity index (χ2v) is 5.33. The number of hydrogen-bond acceptors (Lipinski definition) is 3. The van der Waals surface area contributed by atoms with Gasteiger partial charge in [-0.3, -0.25) is 14.2 Å². The summed E-state index contributed by atoms with van der Waals surface area (Å²) in [6, 6.07) is 6.32. The van der Waals surface area contributed by atoms with Crippen molar-refractivity contribution >= 4 is 17.7 Å². The molecule has 3 rings (SSSR count). The van der Waals surface area contributed by atoms with Gasteiger partial charge in [0.25, 0.3) is 0 Å². The van der Waals surface area contributed by atoms with Crippen LogP contribution in [-0.2, 0) is 18.4 Å². The predicted molar refractivity (Wildman–Crippen MR) is 88.6 cm³/mol. The fourth-order valence-corrected chi connectivity index (χ4v) is 2.22. The quantitative estimate of drug-likeness (QED) is 0.733. The molecule has 0 saturated heterocycles. The molecule has 1 amide bonds. The molecule has 1 aromatic carbocycles. The summed E-state index contributed by atoms with van der Waals surface area (Å²) in [7, 11) is 1.81. The number of carbonyl (C=O) groups is 1. The number of hydrogen-bond donors (Lipinski definition) is 1. The first-order chi connectivity index (χ1) is 11.6. The molecule has 0 radical (unpaired) electrons. The van der Waals surface area contributed by atoms with E-state index in [1.165, 1.54) is 18.2 Å². The molecule has 0 aliphatic carbocycles. The van der Waals surface area contributed by atoms with Crippen molar-refractivity contribution in [3.05, 3.63) is 72.1 Å². The Morgan fingerprint density at radius 1 is 1.29 bits per heavy atom. The number of carbonyl (C=O) groups excluding carboxylic acids is 1. The number of nitrogens with one attached hydrogen (secondary N) is 1. The number of rotatable bonds is 5. The lowest BCUT2D eigenvalue weighted by atomic mass is 10.2. The van der Waals surface area contributed by atoms with Crippen LogP contribution in [0, 0.1) is 5.82 Å². The largest absolute Gasteiger partial charge is 0.320 e. The van der Waals surface area contributed by atoms with Gasteiger partial charge in [-0.1, -0.05) is 12.1 Å². The summed E-state index contributed by atoms with van der Waals surface area (Å²) < 4.78 is 16.5. The minimum Gasteiger partial charge on any atom is -0.320 e. The van der Waals surface area contributed by atoms with E-state index in [-0.39, 0.29) is 11.7 Å². The van der Waals surface area contributed by atoms with E-state index in [0.29, 0.717) is 12.2 Å². The van der Waals surface area contributed by atoms with E-state index in [1.54, 1.807) is 46.3 Å². The molecule has 0 bridgehead atoms. The Morgan fingerprint density at radius 3 is 2.92 bits per heavy atom. The van der Waals surface area contributed by atoms with E-state index in [4.69, 9.17) is 0 Å². The van der Waals surface area contributed by atoms with Gasteiger partial charge in [0.05, 0.1) is 24.6 Å². The van der Waals surface area contributed by atoms with Gasteiger partial charge in [-0.05, 0) is 23.8 Å². The molecule has 0 unspecified atom stereocenters. The van der Waals surface area contributed by atoms with Crippen molar-refractivity contribution in [2.24, 2.45) is 7.05 Å². The van der Waals surface area contributed by atoms with E-state index >= 15 is 0 Å². The van der Waals surface area contributed by atoms with Crippen LogP contribution in [0.3, 0.4) is 0 Å². The van der Waals surface area contributed by atoms with Crippen LogP contribution in [0.4, 0.5) is 10.1 Å². The summed E-state index contributed by atoms with van der Waals surface area (Å²) in [6.07, 6.45) is 9.83. The Labute approximate surface area is 138 Å². The van der Waals surface area contributed by atoms with Crippen molar-refractivity contribution in [2.75, 3.05) is 5.32 Å². The molecule has 3 aromatic rings. The van der Waals surface area contributed by atoms with Crippen LogP contribution >= 0.6 is 0 Å². The number of anilines is 1. The highest BCUT2D eigenvalue weighted by molar-refractivity contribution is 6.01. The average molecular weight is 325 g/mol. The summed E-state index contributed by atoms with van der Waals surface area (Å²) in [5.41, 5.74) is 2.22. The second kappa shape index (κ2) is 6.91. The molecule has 0 spiro atoms. The van der Waals surface area contributed by atoms with Gasteiger partial charge < -0.3 is 5.32 Å². The highest BCUT2D eigenvalue weighted by Crippen LogP contribution is 2.10. The third-order valence-corrected chi connectivity index (χ3v) is 3.29. The first kappa shape index (κ1) is 15.7. The summed E-state index contributed by atoms with van der Waals surface area (Å²) in [5.74, 6) is -0.544. The summed E-state index contributed by atoms with van der Waals surface area (Å²) in [6.45, 7) is 0.430. The highest BCUT2D eigenvalue weighted by atomic mass is 19.1. The second-order valence-electron chi connectivity index (χ2n) is 5.33. The van der Waals surface area contributed by atoms with Crippen molar-refractivity contribution in [1.82, 2.24) is 19.6 Å². The van der Waals surface area contributed by atoms with Crippen LogP contribution in [0.15, 0.2) is 55.1 Å². The maximum Gasteiger partial charge on any atom is 0.248 e. The van der Waals surface area contributed by atoms with E-state index in [9.17, 15) is 9.18 Å². The molecular weight excluding hydrogens is 309 g/mol. The third-order valence-electron chi connectivity index (χ3n) is 3.29. The van der Waals surface area contributed by atoms with Crippen LogP contribution in [0.1, 0.15) is 11.1 Å². The summed E-state index contributed by atoms with van der Waals surface area (Å²) in [4.78, 5) is 11.9. The molecule has 0 aliphatic heterocycles. The molecule has 0 atom stereocenters. The normalized spacial score (nSPS) is 11.1. The van der Waals surface area contributed by atoms with Crippen molar-refractivity contribution in [3.63, 3.8) is 0 Å². The fourth-order valence-electron chi connectivity index (χ4n) is 2.22. The van der Waals surface area contributed by atoms with Gasteiger partial charge >= 0.3 is 0 Å². The zero-order chi connectivity index (χ0) is 16.9. The zero-order valence-corrected chi connectivity index (χ0v) is 13.1. The lowest BCUT2D eigenvalue weighted by molar-refractivity contribution is -0.111. The zero-order valence-electron chi connectivity index (χ0n) is 13.1. The average Bonchev–Trinajstić information content (AvgIpc) is 3.14. The lowest BCUT2D eigenvalue weighted by Crippen LogP contribution is -2.07. The lowest BCUT2D eigenvalue weighted by Gasteiger charge is -2.01. The van der Waals surface area contributed by atoms with Gasteiger partial charge in [-0.15, -0.1) is 0 Å². The number of halogens is 1. The first-order valence-electron chi connectivity index (χ1n) is 7.33. The molecule has 1 N–H and O–H groups in total. The van der Waals surface area contributed by atoms with Crippen LogP contribution in [0.2, 0.25) is 0 Å². The minimum absolute atomic E-state index is 0.260. The van der Waals surface area contributed by atoms with E-state index in [0.717, 1.165) is 11.1 Å². The van der Waals surface area contributed by atoms with Crippen molar-refractivity contribution in [2.45, 2.75) is 6.54 Å². The number of amides is 1. The van der Waals surface area contributed by atoms with Crippen molar-refractivity contribution in [1.29, 1.82) is 0 Å². The molecule has 7 heteroatoms. The number of aryl methyl sites for hydroxylation is 1. The highest BCUT2D eigenvalue weighted by Gasteiger charge is 2.03. The molecule has 2 heterocycles. The molecule has 6 nitrogen and oxygen atoms in total. The third kappa shape index (κ3) is 4.16. The van der Waals surface area contributed by atoms with Gasteiger partial charge in [-0.2, -0.15) is 10.2 Å². The van der Waals surface area contributed by atoms with Gasteiger partial charge in [0.2, 0.25) is 5.91 Å². The Morgan fingerprint density at radius 2 is 2.17 bits per heavy atom. The SMILES string of the molecule is Cn1cc(/C=C/C(=O)Nc2cnn(Cc3cccc(F)c3)c2)cn1. The molecular formula is C17H16FN5O. The van der Waals surface area contributed by atoms with Gasteiger partial charge in [0.1, 0.15) is 5.82 Å². The van der Waals surface area contributed by atoms with Crippen LogP contribution in [-0.4, -0.2) is 25.5 Å². The summed E-state index contributed by atoms with van der Waals surface area (Å²) >= 11 is 0. The summed E-state index contributed by atoms with van der Waals surface area (Å²) in [5, 5.41) is 10.9. The Hall–Kier alpha value is -3.22. The number of benzene rings is 1. The van der Waals surface area contributed by atoms with Crippen LogP contribution < -0.4 is 5.32 Å².